The Morgan fingerprint density at radius 1 is 1.39 bits per heavy atom. The molecule has 0 radical (unpaired) electrons. The van der Waals surface area contributed by atoms with Crippen molar-refractivity contribution < 1.29 is 14.5 Å². The Labute approximate surface area is 135 Å². The Kier molecular flexibility index (Phi) is 5.33. The number of benzene rings is 1. The van der Waals surface area contributed by atoms with Crippen LogP contribution in [0.25, 0.3) is 0 Å². The molecule has 1 aliphatic rings. The maximum absolute atomic E-state index is 12.3. The standard InChI is InChI=1S/C16H23N3O4/c1-12-10-13(4-5-14(12)19(21)22)15(20)17-11-16(2,3)18-6-8-23-9-7-18/h4-5,10H,6-9,11H2,1-3H3,(H,17,20). The molecule has 0 atom stereocenters. The quantitative estimate of drug-likeness (QED) is 0.659. The lowest BCUT2D eigenvalue weighted by atomic mass is 10.0. The van der Waals surface area contributed by atoms with Crippen molar-refractivity contribution in [3.05, 3.63) is 39.4 Å². The first-order valence-electron chi connectivity index (χ1n) is 7.67. The van der Waals surface area contributed by atoms with E-state index in [1.165, 1.54) is 12.1 Å². The zero-order valence-electron chi connectivity index (χ0n) is 13.8. The summed E-state index contributed by atoms with van der Waals surface area (Å²) in [6, 6.07) is 4.41. The predicted octanol–water partition coefficient (Wildman–Crippen LogP) is 1.74. The molecule has 0 aromatic heterocycles. The molecule has 0 saturated carbocycles. The smallest absolute Gasteiger partial charge is 0.272 e. The van der Waals surface area contributed by atoms with Crippen LogP contribution >= 0.6 is 0 Å². The predicted molar refractivity (Wildman–Crippen MR) is 86.6 cm³/mol. The largest absolute Gasteiger partial charge is 0.379 e. The van der Waals surface area contributed by atoms with Gasteiger partial charge in [-0.15, -0.1) is 0 Å². The van der Waals surface area contributed by atoms with Crippen LogP contribution in [0.2, 0.25) is 0 Å². The number of carbonyl (C=O) groups is 1. The van der Waals surface area contributed by atoms with Gasteiger partial charge in [-0.05, 0) is 32.9 Å². The highest BCUT2D eigenvalue weighted by atomic mass is 16.6. The summed E-state index contributed by atoms with van der Waals surface area (Å²) in [6.07, 6.45) is 0. The molecule has 0 unspecified atom stereocenters. The van der Waals surface area contributed by atoms with Crippen molar-refractivity contribution in [2.75, 3.05) is 32.8 Å². The third kappa shape index (κ3) is 4.27. The minimum Gasteiger partial charge on any atom is -0.379 e. The van der Waals surface area contributed by atoms with Gasteiger partial charge >= 0.3 is 0 Å². The van der Waals surface area contributed by atoms with E-state index in [2.05, 4.69) is 24.1 Å². The molecule has 2 rings (SSSR count). The first-order chi connectivity index (χ1) is 10.8. The van der Waals surface area contributed by atoms with Crippen LogP contribution in [0.1, 0.15) is 29.8 Å². The Bertz CT molecular complexity index is 595. The SMILES string of the molecule is Cc1cc(C(=O)NCC(C)(C)N2CCOCC2)ccc1[N+](=O)[O-]. The number of nitro benzene ring substituents is 1. The molecular weight excluding hydrogens is 298 g/mol. The first-order valence-corrected chi connectivity index (χ1v) is 7.67. The molecule has 1 saturated heterocycles. The fraction of sp³-hybridized carbons (Fsp3) is 0.562. The van der Waals surface area contributed by atoms with E-state index >= 15 is 0 Å². The molecule has 1 aromatic rings. The van der Waals surface area contributed by atoms with E-state index in [9.17, 15) is 14.9 Å². The van der Waals surface area contributed by atoms with Gasteiger partial charge in [-0.2, -0.15) is 0 Å². The molecule has 1 aromatic carbocycles. The summed E-state index contributed by atoms with van der Waals surface area (Å²) in [7, 11) is 0. The minimum absolute atomic E-state index is 0.0233. The lowest BCUT2D eigenvalue weighted by Gasteiger charge is -2.40. The second kappa shape index (κ2) is 7.06. The fourth-order valence-electron chi connectivity index (χ4n) is 2.68. The Morgan fingerprint density at radius 3 is 2.61 bits per heavy atom. The number of nitrogens with zero attached hydrogens (tertiary/aromatic N) is 2. The molecule has 0 aliphatic carbocycles. The highest BCUT2D eigenvalue weighted by Gasteiger charge is 2.28. The van der Waals surface area contributed by atoms with Crippen molar-refractivity contribution in [3.63, 3.8) is 0 Å². The van der Waals surface area contributed by atoms with E-state index in [0.717, 1.165) is 13.1 Å². The number of nitro groups is 1. The molecule has 0 spiro atoms. The minimum atomic E-state index is -0.446. The zero-order valence-corrected chi connectivity index (χ0v) is 13.8. The molecule has 1 amide bonds. The number of rotatable bonds is 5. The number of morpholine rings is 1. The molecule has 7 heteroatoms. The Hall–Kier alpha value is -1.99. The summed E-state index contributed by atoms with van der Waals surface area (Å²) < 4.78 is 5.35. The van der Waals surface area contributed by atoms with Crippen LogP contribution in [0.4, 0.5) is 5.69 Å². The fourth-order valence-corrected chi connectivity index (χ4v) is 2.68. The number of amides is 1. The van der Waals surface area contributed by atoms with Gasteiger partial charge in [0.25, 0.3) is 11.6 Å². The monoisotopic (exact) mass is 321 g/mol. The van der Waals surface area contributed by atoms with E-state index in [0.29, 0.717) is 30.9 Å². The molecular formula is C16H23N3O4. The summed E-state index contributed by atoms with van der Waals surface area (Å²) >= 11 is 0. The number of nitrogens with one attached hydrogen (secondary N) is 1. The summed E-state index contributed by atoms with van der Waals surface area (Å²) in [6.45, 7) is 9.41. The van der Waals surface area contributed by atoms with Gasteiger partial charge in [-0.25, -0.2) is 0 Å². The van der Waals surface area contributed by atoms with E-state index in [4.69, 9.17) is 4.74 Å². The van der Waals surface area contributed by atoms with Gasteiger partial charge in [0.2, 0.25) is 0 Å². The summed E-state index contributed by atoms with van der Waals surface area (Å²) in [5.41, 5.74) is 0.770. The lowest BCUT2D eigenvalue weighted by Crippen LogP contribution is -2.55. The maximum Gasteiger partial charge on any atom is 0.272 e. The van der Waals surface area contributed by atoms with Crippen molar-refractivity contribution >= 4 is 11.6 Å². The average molecular weight is 321 g/mol. The van der Waals surface area contributed by atoms with Crippen LogP contribution in [0.3, 0.4) is 0 Å². The number of carbonyl (C=O) groups excluding carboxylic acids is 1. The van der Waals surface area contributed by atoms with Gasteiger partial charge in [0.05, 0.1) is 18.1 Å². The van der Waals surface area contributed by atoms with Crippen LogP contribution in [-0.4, -0.2) is 54.1 Å². The van der Waals surface area contributed by atoms with Gasteiger partial charge in [0, 0.05) is 42.4 Å². The number of ether oxygens (including phenoxy) is 1. The Morgan fingerprint density at radius 2 is 2.04 bits per heavy atom. The number of hydrogen-bond acceptors (Lipinski definition) is 5. The van der Waals surface area contributed by atoms with Crippen LogP contribution in [0.5, 0.6) is 0 Å². The average Bonchev–Trinajstić information content (AvgIpc) is 2.53. The molecule has 1 heterocycles. The topological polar surface area (TPSA) is 84.7 Å². The molecule has 0 bridgehead atoms. The highest BCUT2D eigenvalue weighted by Crippen LogP contribution is 2.19. The van der Waals surface area contributed by atoms with Gasteiger partial charge < -0.3 is 10.1 Å². The second-order valence-corrected chi connectivity index (χ2v) is 6.35. The van der Waals surface area contributed by atoms with Crippen LogP contribution in [-0.2, 0) is 4.74 Å². The third-order valence-electron chi connectivity index (χ3n) is 4.20. The molecule has 1 aliphatic heterocycles. The van der Waals surface area contributed by atoms with E-state index in [1.807, 2.05) is 0 Å². The van der Waals surface area contributed by atoms with Crippen LogP contribution in [0, 0.1) is 17.0 Å². The molecule has 23 heavy (non-hydrogen) atoms. The van der Waals surface area contributed by atoms with Crippen molar-refractivity contribution in [3.8, 4) is 0 Å². The number of aryl methyl sites for hydroxylation is 1. The van der Waals surface area contributed by atoms with E-state index in [1.54, 1.807) is 13.0 Å². The third-order valence-corrected chi connectivity index (χ3v) is 4.20. The van der Waals surface area contributed by atoms with Crippen molar-refractivity contribution in [1.29, 1.82) is 0 Å². The highest BCUT2D eigenvalue weighted by molar-refractivity contribution is 5.94. The van der Waals surface area contributed by atoms with Crippen molar-refractivity contribution in [2.45, 2.75) is 26.3 Å². The normalized spacial score (nSPS) is 16.1. The summed E-state index contributed by atoms with van der Waals surface area (Å²) in [5, 5.41) is 13.7. The molecule has 1 N–H and O–H groups in total. The van der Waals surface area contributed by atoms with Gasteiger partial charge in [-0.1, -0.05) is 0 Å². The van der Waals surface area contributed by atoms with Gasteiger partial charge in [0.15, 0.2) is 0 Å². The molecule has 1 fully saturated rings. The van der Waals surface area contributed by atoms with Crippen LogP contribution in [0.15, 0.2) is 18.2 Å². The Balaban J connectivity index is 1.99. The van der Waals surface area contributed by atoms with Gasteiger partial charge in [0.1, 0.15) is 0 Å². The molecule has 7 nitrogen and oxygen atoms in total. The first kappa shape index (κ1) is 17.4. The molecule has 126 valence electrons. The number of hydrogen-bond donors (Lipinski definition) is 1. The zero-order chi connectivity index (χ0) is 17.0. The second-order valence-electron chi connectivity index (χ2n) is 6.35. The van der Waals surface area contributed by atoms with Crippen LogP contribution < -0.4 is 5.32 Å². The maximum atomic E-state index is 12.3. The summed E-state index contributed by atoms with van der Waals surface area (Å²) in [4.78, 5) is 25.0. The van der Waals surface area contributed by atoms with Crippen molar-refractivity contribution in [2.24, 2.45) is 0 Å². The summed E-state index contributed by atoms with van der Waals surface area (Å²) in [5.74, 6) is -0.218. The van der Waals surface area contributed by atoms with Gasteiger partial charge in [-0.3, -0.25) is 19.8 Å². The van der Waals surface area contributed by atoms with Crippen molar-refractivity contribution in [1.82, 2.24) is 10.2 Å². The van der Waals surface area contributed by atoms with E-state index in [-0.39, 0.29) is 17.1 Å². The lowest BCUT2D eigenvalue weighted by molar-refractivity contribution is -0.385. The van der Waals surface area contributed by atoms with E-state index < -0.39 is 4.92 Å².